The summed E-state index contributed by atoms with van der Waals surface area (Å²) < 4.78 is 0. The number of hydrogen-bond acceptors (Lipinski definition) is 2. The molecule has 1 heterocycles. The van der Waals surface area contributed by atoms with Crippen LogP contribution in [-0.4, -0.2) is 11.0 Å². The average Bonchev–Trinajstić information content (AvgIpc) is 2.16. The summed E-state index contributed by atoms with van der Waals surface area (Å²) in [6, 6.07) is 4.68. The van der Waals surface area contributed by atoms with E-state index in [9.17, 15) is 0 Å². The summed E-state index contributed by atoms with van der Waals surface area (Å²) in [6.07, 6.45) is 4.36. The van der Waals surface area contributed by atoms with Crippen LogP contribution in [0.25, 0.3) is 0 Å². The molecule has 0 saturated heterocycles. The first-order valence-electron chi connectivity index (χ1n) is 5.84. The molecule has 0 spiro atoms. The fourth-order valence-electron chi connectivity index (χ4n) is 1.75. The molecule has 2 nitrogen and oxygen atoms in total. The normalized spacial score (nSPS) is 12.8. The Kier molecular flexibility index (Phi) is 4.76. The van der Waals surface area contributed by atoms with E-state index < -0.39 is 0 Å². The number of aryl methyl sites for hydroxylation is 3. The van der Waals surface area contributed by atoms with Crippen LogP contribution in [0.4, 0.5) is 0 Å². The summed E-state index contributed by atoms with van der Waals surface area (Å²) in [5.74, 6) is 0. The van der Waals surface area contributed by atoms with Gasteiger partial charge < -0.3 is 5.73 Å². The van der Waals surface area contributed by atoms with E-state index in [0.717, 1.165) is 31.4 Å². The van der Waals surface area contributed by atoms with E-state index >= 15 is 0 Å². The van der Waals surface area contributed by atoms with Gasteiger partial charge in [-0.25, -0.2) is 0 Å². The Morgan fingerprint density at radius 2 is 2.13 bits per heavy atom. The zero-order valence-electron chi connectivity index (χ0n) is 10.1. The number of pyridine rings is 1. The third-order valence-corrected chi connectivity index (χ3v) is 2.57. The highest BCUT2D eigenvalue weighted by molar-refractivity contribution is 5.21. The highest BCUT2D eigenvalue weighted by atomic mass is 14.7. The fourth-order valence-corrected chi connectivity index (χ4v) is 1.75. The van der Waals surface area contributed by atoms with Gasteiger partial charge in [0.15, 0.2) is 0 Å². The first-order chi connectivity index (χ1) is 7.11. The lowest BCUT2D eigenvalue weighted by atomic mass is 10.1. The third kappa shape index (κ3) is 4.43. The minimum atomic E-state index is 0.306. The van der Waals surface area contributed by atoms with E-state index in [1.54, 1.807) is 0 Å². The summed E-state index contributed by atoms with van der Waals surface area (Å²) in [6.45, 7) is 6.30. The predicted molar refractivity (Wildman–Crippen MR) is 64.9 cm³/mol. The lowest BCUT2D eigenvalue weighted by molar-refractivity contribution is 0.619. The first kappa shape index (κ1) is 12.2. The minimum Gasteiger partial charge on any atom is -0.328 e. The van der Waals surface area contributed by atoms with Crippen molar-refractivity contribution < 1.29 is 0 Å². The molecule has 0 saturated carbocycles. The second-order valence-electron chi connectivity index (χ2n) is 4.33. The van der Waals surface area contributed by atoms with Crippen LogP contribution >= 0.6 is 0 Å². The van der Waals surface area contributed by atoms with Gasteiger partial charge in [0.05, 0.1) is 0 Å². The first-order valence-corrected chi connectivity index (χ1v) is 5.84. The molecule has 0 bridgehead atoms. The number of hydrogen-bond donors (Lipinski definition) is 1. The Balaban J connectivity index is 2.56. The van der Waals surface area contributed by atoms with Gasteiger partial charge in [-0.1, -0.05) is 6.92 Å². The third-order valence-electron chi connectivity index (χ3n) is 2.57. The van der Waals surface area contributed by atoms with E-state index in [4.69, 9.17) is 5.73 Å². The van der Waals surface area contributed by atoms with Crippen molar-refractivity contribution in [3.05, 3.63) is 29.1 Å². The van der Waals surface area contributed by atoms with Crippen LogP contribution in [0.3, 0.4) is 0 Å². The van der Waals surface area contributed by atoms with Crippen molar-refractivity contribution in [2.75, 3.05) is 0 Å². The van der Waals surface area contributed by atoms with Gasteiger partial charge in [0.1, 0.15) is 0 Å². The molecule has 0 aliphatic carbocycles. The maximum Gasteiger partial charge on any atom is 0.0409 e. The Morgan fingerprint density at radius 1 is 1.40 bits per heavy atom. The van der Waals surface area contributed by atoms with Crippen LogP contribution < -0.4 is 5.73 Å². The molecule has 0 radical (unpaired) electrons. The topological polar surface area (TPSA) is 38.9 Å². The Labute approximate surface area is 92.9 Å². The molecule has 1 aromatic rings. The second kappa shape index (κ2) is 5.86. The average molecular weight is 206 g/mol. The molecule has 2 N–H and O–H groups in total. The van der Waals surface area contributed by atoms with E-state index in [2.05, 4.69) is 37.9 Å². The monoisotopic (exact) mass is 206 g/mol. The molecule has 2 heteroatoms. The molecule has 0 aromatic carbocycles. The number of rotatable bonds is 5. The molecule has 0 aliphatic rings. The number of nitrogens with zero attached hydrogens (tertiary/aromatic N) is 1. The van der Waals surface area contributed by atoms with Crippen molar-refractivity contribution in [1.82, 2.24) is 4.98 Å². The maximum absolute atomic E-state index is 5.72. The Hall–Kier alpha value is -0.890. The highest BCUT2D eigenvalue weighted by Crippen LogP contribution is 2.09. The van der Waals surface area contributed by atoms with Crippen molar-refractivity contribution in [1.29, 1.82) is 0 Å². The van der Waals surface area contributed by atoms with Crippen LogP contribution in [0, 0.1) is 6.92 Å². The smallest absolute Gasteiger partial charge is 0.0409 e. The molecule has 1 atom stereocenters. The summed E-state index contributed by atoms with van der Waals surface area (Å²) in [7, 11) is 0. The van der Waals surface area contributed by atoms with Gasteiger partial charge in [0.2, 0.25) is 0 Å². The summed E-state index contributed by atoms with van der Waals surface area (Å²) in [4.78, 5) is 4.54. The van der Waals surface area contributed by atoms with Gasteiger partial charge in [0, 0.05) is 17.4 Å². The molecule has 0 amide bonds. The second-order valence-corrected chi connectivity index (χ2v) is 4.33. The van der Waals surface area contributed by atoms with Crippen LogP contribution in [0.1, 0.15) is 43.6 Å². The summed E-state index contributed by atoms with van der Waals surface area (Å²) >= 11 is 0. The van der Waals surface area contributed by atoms with E-state index in [-0.39, 0.29) is 0 Å². The van der Waals surface area contributed by atoms with Crippen LogP contribution in [0.5, 0.6) is 0 Å². The van der Waals surface area contributed by atoms with Gasteiger partial charge in [-0.2, -0.15) is 0 Å². The standard InChI is InChI=1S/C13H22N2/c1-4-12-8-11(3)15-13(9-12)7-5-6-10(2)14/h8-10H,4-7,14H2,1-3H3/t10-/m0/s1. The van der Waals surface area contributed by atoms with Gasteiger partial charge >= 0.3 is 0 Å². The van der Waals surface area contributed by atoms with Crippen molar-refractivity contribution in [3.63, 3.8) is 0 Å². The van der Waals surface area contributed by atoms with E-state index in [1.807, 2.05) is 0 Å². The largest absolute Gasteiger partial charge is 0.328 e. The van der Waals surface area contributed by atoms with Crippen molar-refractivity contribution in [2.24, 2.45) is 5.73 Å². The predicted octanol–water partition coefficient (Wildman–Crippen LogP) is 2.62. The Morgan fingerprint density at radius 3 is 2.73 bits per heavy atom. The lowest BCUT2D eigenvalue weighted by Gasteiger charge is -2.07. The fraction of sp³-hybridized carbons (Fsp3) is 0.615. The number of nitrogens with two attached hydrogens (primary N) is 1. The maximum atomic E-state index is 5.72. The molecular formula is C13H22N2. The number of aromatic nitrogens is 1. The molecule has 1 aromatic heterocycles. The van der Waals surface area contributed by atoms with Crippen molar-refractivity contribution in [2.45, 2.75) is 52.5 Å². The molecule has 0 fully saturated rings. The lowest BCUT2D eigenvalue weighted by Crippen LogP contribution is -2.14. The molecule has 1 rings (SSSR count). The quantitative estimate of drug-likeness (QED) is 0.804. The highest BCUT2D eigenvalue weighted by Gasteiger charge is 2.00. The zero-order valence-corrected chi connectivity index (χ0v) is 10.1. The zero-order chi connectivity index (χ0) is 11.3. The molecule has 15 heavy (non-hydrogen) atoms. The van der Waals surface area contributed by atoms with E-state index in [0.29, 0.717) is 6.04 Å². The van der Waals surface area contributed by atoms with Crippen LogP contribution in [-0.2, 0) is 12.8 Å². The van der Waals surface area contributed by atoms with Crippen molar-refractivity contribution >= 4 is 0 Å². The Bertz CT molecular complexity index is 305. The molecule has 0 unspecified atom stereocenters. The van der Waals surface area contributed by atoms with Gasteiger partial charge in [0.25, 0.3) is 0 Å². The SMILES string of the molecule is CCc1cc(C)nc(CCC[C@H](C)N)c1. The van der Waals surface area contributed by atoms with Gasteiger partial charge in [-0.3, -0.25) is 4.98 Å². The van der Waals surface area contributed by atoms with Crippen molar-refractivity contribution in [3.8, 4) is 0 Å². The minimum absolute atomic E-state index is 0.306. The summed E-state index contributed by atoms with van der Waals surface area (Å²) in [5.41, 5.74) is 9.45. The van der Waals surface area contributed by atoms with Crippen LogP contribution in [0.2, 0.25) is 0 Å². The molecule has 0 aliphatic heterocycles. The molecule has 84 valence electrons. The molecular weight excluding hydrogens is 184 g/mol. The van der Waals surface area contributed by atoms with E-state index in [1.165, 1.54) is 11.3 Å². The van der Waals surface area contributed by atoms with Gasteiger partial charge in [-0.15, -0.1) is 0 Å². The van der Waals surface area contributed by atoms with Crippen LogP contribution in [0.15, 0.2) is 12.1 Å². The van der Waals surface area contributed by atoms with Gasteiger partial charge in [-0.05, 0) is 57.2 Å². The summed E-state index contributed by atoms with van der Waals surface area (Å²) in [5, 5.41) is 0.